The van der Waals surface area contributed by atoms with Crippen molar-refractivity contribution < 1.29 is 4.43 Å². The molecule has 1 radical (unpaired) electrons. The smallest absolute Gasteiger partial charge is 0.204 e. The number of hydrogen-bond acceptors (Lipinski definition) is 1. The van der Waals surface area contributed by atoms with Gasteiger partial charge < -0.3 is 4.43 Å². The molecule has 0 rings (SSSR count). The second-order valence-electron chi connectivity index (χ2n) is 3.25. The van der Waals surface area contributed by atoms with E-state index in [4.69, 9.17) is 4.43 Å². The normalized spacial score (nSPS) is 10.6. The van der Waals surface area contributed by atoms with E-state index in [9.17, 15) is 0 Å². The highest BCUT2D eigenvalue weighted by molar-refractivity contribution is 6.48. The van der Waals surface area contributed by atoms with Crippen molar-refractivity contribution in [1.82, 2.24) is 0 Å². The lowest BCUT2D eigenvalue weighted by Crippen LogP contribution is -2.08. The van der Waals surface area contributed by atoms with E-state index < -0.39 is 9.04 Å². The average Bonchev–Trinajstić information content (AvgIpc) is 2.02. The van der Waals surface area contributed by atoms with Crippen LogP contribution in [0.3, 0.4) is 0 Å². The van der Waals surface area contributed by atoms with Gasteiger partial charge in [-0.3, -0.25) is 0 Å². The summed E-state index contributed by atoms with van der Waals surface area (Å²) in [5.41, 5.74) is 0. The lowest BCUT2D eigenvalue weighted by Gasteiger charge is -2.04. The van der Waals surface area contributed by atoms with Gasteiger partial charge in [0.15, 0.2) is 0 Å². The van der Waals surface area contributed by atoms with Crippen molar-refractivity contribution in [3.8, 4) is 0 Å². The Hall–Kier alpha value is -0.0831. The van der Waals surface area contributed by atoms with Crippen molar-refractivity contribution >= 4 is 9.04 Å². The molecular formula is C10H21OSi. The van der Waals surface area contributed by atoms with Crippen molar-refractivity contribution in [2.45, 2.75) is 45.2 Å². The van der Waals surface area contributed by atoms with Gasteiger partial charge in [0.05, 0.1) is 0 Å². The minimum atomic E-state index is -0.448. The van der Waals surface area contributed by atoms with E-state index in [2.05, 4.69) is 19.7 Å². The summed E-state index contributed by atoms with van der Waals surface area (Å²) < 4.78 is 5.53. The molecular weight excluding hydrogens is 164 g/mol. The first-order chi connectivity index (χ1) is 5.77. The summed E-state index contributed by atoms with van der Waals surface area (Å²) in [6.45, 7) is 9.03. The molecule has 0 saturated heterocycles. The number of allylic oxidation sites excluding steroid dienone is 1. The lowest BCUT2D eigenvalue weighted by atomic mass is 10.1. The minimum Gasteiger partial charge on any atom is -0.417 e. The Bertz CT molecular complexity index is 102. The maximum atomic E-state index is 5.53. The van der Waals surface area contributed by atoms with Gasteiger partial charge in [0.2, 0.25) is 9.04 Å². The molecule has 0 unspecified atom stereocenters. The van der Waals surface area contributed by atoms with Gasteiger partial charge >= 0.3 is 0 Å². The molecule has 0 bridgehead atoms. The van der Waals surface area contributed by atoms with Crippen LogP contribution in [0.1, 0.15) is 32.1 Å². The monoisotopic (exact) mass is 185 g/mol. The Labute approximate surface area is 78.5 Å². The van der Waals surface area contributed by atoms with E-state index in [1.54, 1.807) is 0 Å². The van der Waals surface area contributed by atoms with Crippen molar-refractivity contribution in [2.75, 3.05) is 6.61 Å². The molecule has 0 aromatic carbocycles. The van der Waals surface area contributed by atoms with Crippen LogP contribution < -0.4 is 0 Å². The molecule has 0 aliphatic rings. The molecule has 0 atom stereocenters. The molecule has 0 aliphatic heterocycles. The number of rotatable bonds is 8. The fourth-order valence-corrected chi connectivity index (χ4v) is 1.57. The summed E-state index contributed by atoms with van der Waals surface area (Å²) in [7, 11) is -0.448. The topological polar surface area (TPSA) is 9.23 Å². The quantitative estimate of drug-likeness (QED) is 0.320. The van der Waals surface area contributed by atoms with Gasteiger partial charge in [-0.05, 0) is 32.4 Å². The highest BCUT2D eigenvalue weighted by atomic mass is 28.3. The van der Waals surface area contributed by atoms with E-state index in [0.29, 0.717) is 0 Å². The zero-order valence-electron chi connectivity index (χ0n) is 8.44. The summed E-state index contributed by atoms with van der Waals surface area (Å²) >= 11 is 0. The highest BCUT2D eigenvalue weighted by Crippen LogP contribution is 2.03. The fourth-order valence-electron chi connectivity index (χ4n) is 1.02. The summed E-state index contributed by atoms with van der Waals surface area (Å²) in [5, 5.41) is 0. The molecule has 0 heterocycles. The van der Waals surface area contributed by atoms with Crippen LogP contribution in [0.15, 0.2) is 12.7 Å². The maximum Gasteiger partial charge on any atom is 0.204 e. The third-order valence-electron chi connectivity index (χ3n) is 1.69. The van der Waals surface area contributed by atoms with Gasteiger partial charge in [0.25, 0.3) is 0 Å². The zero-order valence-corrected chi connectivity index (χ0v) is 9.44. The SMILES string of the molecule is C=CCCCCCCO[Si](C)C. The van der Waals surface area contributed by atoms with Gasteiger partial charge in [-0.25, -0.2) is 0 Å². The van der Waals surface area contributed by atoms with E-state index in [0.717, 1.165) is 13.0 Å². The third-order valence-corrected chi connectivity index (χ3v) is 2.47. The Balaban J connectivity index is 2.86. The van der Waals surface area contributed by atoms with Crippen molar-refractivity contribution in [3.05, 3.63) is 12.7 Å². The third kappa shape index (κ3) is 9.92. The predicted octanol–water partition coefficient (Wildman–Crippen LogP) is 3.39. The summed E-state index contributed by atoms with van der Waals surface area (Å²) in [6.07, 6.45) is 8.31. The summed E-state index contributed by atoms with van der Waals surface area (Å²) in [6, 6.07) is 0. The van der Waals surface area contributed by atoms with E-state index in [1.807, 2.05) is 6.08 Å². The maximum absolute atomic E-state index is 5.53. The largest absolute Gasteiger partial charge is 0.417 e. The Morgan fingerprint density at radius 2 is 1.83 bits per heavy atom. The van der Waals surface area contributed by atoms with Gasteiger partial charge in [-0.2, -0.15) is 0 Å². The number of unbranched alkanes of at least 4 members (excludes halogenated alkanes) is 4. The van der Waals surface area contributed by atoms with Crippen LogP contribution in [0.4, 0.5) is 0 Å². The molecule has 0 aromatic rings. The van der Waals surface area contributed by atoms with Gasteiger partial charge in [0, 0.05) is 6.61 Å². The molecule has 71 valence electrons. The zero-order chi connectivity index (χ0) is 9.23. The second-order valence-corrected chi connectivity index (χ2v) is 5.35. The fraction of sp³-hybridized carbons (Fsp3) is 0.800. The standard InChI is InChI=1S/C10H21OSi/c1-4-5-6-7-8-9-10-11-12(2)3/h4H,1,5-10H2,2-3H3. The van der Waals surface area contributed by atoms with Crippen molar-refractivity contribution in [2.24, 2.45) is 0 Å². The van der Waals surface area contributed by atoms with Crippen LogP contribution in [0.5, 0.6) is 0 Å². The molecule has 0 fully saturated rings. The molecule has 1 nitrogen and oxygen atoms in total. The molecule has 12 heavy (non-hydrogen) atoms. The first kappa shape index (κ1) is 11.9. The van der Waals surface area contributed by atoms with Gasteiger partial charge in [-0.15, -0.1) is 6.58 Å². The van der Waals surface area contributed by atoms with Crippen LogP contribution in [-0.4, -0.2) is 15.6 Å². The first-order valence-electron chi connectivity index (χ1n) is 4.81. The van der Waals surface area contributed by atoms with Crippen molar-refractivity contribution in [3.63, 3.8) is 0 Å². The van der Waals surface area contributed by atoms with Crippen LogP contribution in [-0.2, 0) is 4.43 Å². The molecule has 2 heteroatoms. The molecule has 0 spiro atoms. The Morgan fingerprint density at radius 3 is 2.42 bits per heavy atom. The molecule has 0 aromatic heterocycles. The van der Waals surface area contributed by atoms with Crippen molar-refractivity contribution in [1.29, 1.82) is 0 Å². The molecule has 0 saturated carbocycles. The summed E-state index contributed by atoms with van der Waals surface area (Å²) in [5.74, 6) is 0. The summed E-state index contributed by atoms with van der Waals surface area (Å²) in [4.78, 5) is 0. The van der Waals surface area contributed by atoms with Gasteiger partial charge in [-0.1, -0.05) is 18.9 Å². The van der Waals surface area contributed by atoms with Crippen LogP contribution >= 0.6 is 0 Å². The first-order valence-corrected chi connectivity index (χ1v) is 7.22. The molecule has 0 N–H and O–H groups in total. The minimum absolute atomic E-state index is 0.448. The molecule has 0 aliphatic carbocycles. The second kappa shape index (κ2) is 9.01. The van der Waals surface area contributed by atoms with E-state index >= 15 is 0 Å². The van der Waals surface area contributed by atoms with E-state index in [1.165, 1.54) is 25.7 Å². The predicted molar refractivity (Wildman–Crippen MR) is 56.7 cm³/mol. The van der Waals surface area contributed by atoms with Gasteiger partial charge in [0.1, 0.15) is 0 Å². The van der Waals surface area contributed by atoms with E-state index in [-0.39, 0.29) is 0 Å². The Morgan fingerprint density at radius 1 is 1.17 bits per heavy atom. The highest BCUT2D eigenvalue weighted by Gasteiger charge is 1.95. The lowest BCUT2D eigenvalue weighted by molar-refractivity contribution is 0.312. The Kier molecular flexibility index (Phi) is 8.95. The molecule has 0 amide bonds. The van der Waals surface area contributed by atoms with Crippen LogP contribution in [0.2, 0.25) is 13.1 Å². The average molecular weight is 185 g/mol. The van der Waals surface area contributed by atoms with Crippen LogP contribution in [0.25, 0.3) is 0 Å². The number of hydrogen-bond donors (Lipinski definition) is 0. The van der Waals surface area contributed by atoms with Crippen LogP contribution in [0, 0.1) is 0 Å².